The van der Waals surface area contributed by atoms with E-state index >= 15 is 0 Å². The fraction of sp³-hybridized carbons (Fsp3) is 0.333. The minimum absolute atomic E-state index is 0.0846. The SMILES string of the molecule is CCS(=O)(=O)N1CCc2nc(NC(=O)c3ccc(Cl)cc3)sc2C1. The lowest BCUT2D eigenvalue weighted by molar-refractivity contribution is 0.102. The molecule has 0 aliphatic carbocycles. The van der Waals surface area contributed by atoms with Gasteiger partial charge in [-0.25, -0.2) is 13.4 Å². The number of nitrogens with zero attached hydrogens (tertiary/aromatic N) is 2. The summed E-state index contributed by atoms with van der Waals surface area (Å²) in [6.45, 7) is 2.38. The molecule has 0 saturated heterocycles. The number of nitrogens with one attached hydrogen (secondary N) is 1. The van der Waals surface area contributed by atoms with Gasteiger partial charge in [0, 0.05) is 35.0 Å². The molecule has 0 fully saturated rings. The minimum Gasteiger partial charge on any atom is -0.298 e. The molecule has 1 aromatic carbocycles. The van der Waals surface area contributed by atoms with E-state index in [0.29, 0.717) is 35.2 Å². The van der Waals surface area contributed by atoms with Crippen LogP contribution in [0.5, 0.6) is 0 Å². The summed E-state index contributed by atoms with van der Waals surface area (Å²) in [5, 5.41) is 3.81. The first kappa shape index (κ1) is 17.3. The van der Waals surface area contributed by atoms with Gasteiger partial charge in [0.25, 0.3) is 5.91 Å². The second-order valence-corrected chi connectivity index (χ2v) is 9.11. The van der Waals surface area contributed by atoms with E-state index in [4.69, 9.17) is 11.6 Å². The van der Waals surface area contributed by atoms with Crippen LogP contribution in [-0.4, -0.2) is 35.9 Å². The first-order chi connectivity index (χ1) is 11.4. The highest BCUT2D eigenvalue weighted by Crippen LogP contribution is 2.29. The predicted octanol–water partition coefficient (Wildman–Crippen LogP) is 2.76. The van der Waals surface area contributed by atoms with E-state index in [0.717, 1.165) is 10.6 Å². The number of aromatic nitrogens is 1. The molecule has 1 aliphatic heterocycles. The van der Waals surface area contributed by atoms with Gasteiger partial charge in [-0.2, -0.15) is 4.31 Å². The van der Waals surface area contributed by atoms with E-state index in [-0.39, 0.29) is 11.7 Å². The first-order valence-electron chi connectivity index (χ1n) is 7.42. The van der Waals surface area contributed by atoms with Gasteiger partial charge in [-0.05, 0) is 31.2 Å². The quantitative estimate of drug-likeness (QED) is 0.877. The van der Waals surface area contributed by atoms with Crippen molar-refractivity contribution in [2.45, 2.75) is 19.9 Å². The Bertz CT molecular complexity index is 863. The molecule has 128 valence electrons. The Kier molecular flexibility index (Phi) is 4.91. The topological polar surface area (TPSA) is 79.4 Å². The molecule has 0 atom stereocenters. The summed E-state index contributed by atoms with van der Waals surface area (Å²) < 4.78 is 25.5. The second-order valence-electron chi connectivity index (χ2n) is 5.33. The zero-order valence-electron chi connectivity index (χ0n) is 13.0. The number of carbonyl (C=O) groups is 1. The Morgan fingerprint density at radius 2 is 2.08 bits per heavy atom. The van der Waals surface area contributed by atoms with E-state index in [1.165, 1.54) is 15.6 Å². The zero-order chi connectivity index (χ0) is 17.3. The van der Waals surface area contributed by atoms with Crippen molar-refractivity contribution in [2.75, 3.05) is 17.6 Å². The normalized spacial score (nSPS) is 15.1. The molecule has 0 radical (unpaired) electrons. The average molecular weight is 386 g/mol. The fourth-order valence-corrected chi connectivity index (χ4v) is 4.70. The molecular weight excluding hydrogens is 370 g/mol. The van der Waals surface area contributed by atoms with Crippen molar-refractivity contribution in [1.29, 1.82) is 0 Å². The van der Waals surface area contributed by atoms with Crippen molar-refractivity contribution >= 4 is 44.0 Å². The molecule has 0 bridgehead atoms. The van der Waals surface area contributed by atoms with Crippen molar-refractivity contribution < 1.29 is 13.2 Å². The van der Waals surface area contributed by atoms with Crippen LogP contribution in [0, 0.1) is 0 Å². The van der Waals surface area contributed by atoms with Gasteiger partial charge in [0.1, 0.15) is 0 Å². The number of hydrogen-bond donors (Lipinski definition) is 1. The molecule has 9 heteroatoms. The Balaban J connectivity index is 1.74. The largest absolute Gasteiger partial charge is 0.298 e. The van der Waals surface area contributed by atoms with Crippen LogP contribution in [0.1, 0.15) is 27.9 Å². The zero-order valence-corrected chi connectivity index (χ0v) is 15.3. The molecule has 3 rings (SSSR count). The fourth-order valence-electron chi connectivity index (χ4n) is 2.42. The lowest BCUT2D eigenvalue weighted by Crippen LogP contribution is -2.36. The number of amides is 1. The first-order valence-corrected chi connectivity index (χ1v) is 10.2. The molecule has 1 N–H and O–H groups in total. The van der Waals surface area contributed by atoms with Crippen LogP contribution in [0.15, 0.2) is 24.3 Å². The Morgan fingerprint density at radius 1 is 1.38 bits per heavy atom. The standard InChI is InChI=1S/C15H16ClN3O3S2/c1-2-24(21,22)19-8-7-12-13(9-19)23-15(17-12)18-14(20)10-3-5-11(16)6-4-10/h3-6H,2,7-9H2,1H3,(H,17,18,20). The summed E-state index contributed by atoms with van der Waals surface area (Å²) in [6, 6.07) is 6.58. The summed E-state index contributed by atoms with van der Waals surface area (Å²) in [4.78, 5) is 17.5. The van der Waals surface area contributed by atoms with Gasteiger partial charge in [-0.3, -0.25) is 10.1 Å². The Labute approximate surface area is 149 Å². The Hall–Kier alpha value is -1.48. The third kappa shape index (κ3) is 3.61. The van der Waals surface area contributed by atoms with E-state index in [9.17, 15) is 13.2 Å². The maximum Gasteiger partial charge on any atom is 0.257 e. The number of sulfonamides is 1. The van der Waals surface area contributed by atoms with E-state index in [1.54, 1.807) is 31.2 Å². The average Bonchev–Trinajstić information content (AvgIpc) is 2.96. The molecule has 2 aromatic rings. The monoisotopic (exact) mass is 385 g/mol. The van der Waals surface area contributed by atoms with E-state index in [1.807, 2.05) is 0 Å². The number of anilines is 1. The number of fused-ring (bicyclic) bond motifs is 1. The highest BCUT2D eigenvalue weighted by molar-refractivity contribution is 7.89. The number of hydrogen-bond acceptors (Lipinski definition) is 5. The van der Waals surface area contributed by atoms with Crippen molar-refractivity contribution in [3.8, 4) is 0 Å². The molecule has 1 aliphatic rings. The highest BCUT2D eigenvalue weighted by atomic mass is 35.5. The van der Waals surface area contributed by atoms with E-state index < -0.39 is 10.0 Å². The second kappa shape index (κ2) is 6.79. The number of rotatable bonds is 4. The van der Waals surface area contributed by atoms with Crippen LogP contribution < -0.4 is 5.32 Å². The van der Waals surface area contributed by atoms with Crippen molar-refractivity contribution in [2.24, 2.45) is 0 Å². The van der Waals surface area contributed by atoms with Crippen molar-refractivity contribution in [3.63, 3.8) is 0 Å². The van der Waals surface area contributed by atoms with Crippen LogP contribution in [0.3, 0.4) is 0 Å². The molecule has 0 unspecified atom stereocenters. The van der Waals surface area contributed by atoms with Gasteiger partial charge in [-0.1, -0.05) is 11.6 Å². The molecule has 6 nitrogen and oxygen atoms in total. The van der Waals surface area contributed by atoms with Gasteiger partial charge in [0.2, 0.25) is 10.0 Å². The van der Waals surface area contributed by atoms with Gasteiger partial charge in [0.05, 0.1) is 11.4 Å². The molecular formula is C15H16ClN3O3S2. The molecule has 1 aromatic heterocycles. The maximum absolute atomic E-state index is 12.2. The lowest BCUT2D eigenvalue weighted by atomic mass is 10.2. The summed E-state index contributed by atoms with van der Waals surface area (Å²) in [5.41, 5.74) is 1.34. The highest BCUT2D eigenvalue weighted by Gasteiger charge is 2.28. The number of halogens is 1. The van der Waals surface area contributed by atoms with E-state index in [2.05, 4.69) is 10.3 Å². The maximum atomic E-state index is 12.2. The summed E-state index contributed by atoms with van der Waals surface area (Å²) in [6.07, 6.45) is 0.557. The van der Waals surface area contributed by atoms with Gasteiger partial charge in [0.15, 0.2) is 5.13 Å². The predicted molar refractivity (Wildman–Crippen MR) is 95.1 cm³/mol. The third-order valence-corrected chi connectivity index (χ3v) is 6.86. The van der Waals surface area contributed by atoms with Crippen LogP contribution in [0.25, 0.3) is 0 Å². The van der Waals surface area contributed by atoms with Crippen LogP contribution in [0.4, 0.5) is 5.13 Å². The summed E-state index contributed by atoms with van der Waals surface area (Å²) in [5.74, 6) is -0.183. The number of benzene rings is 1. The number of carbonyl (C=O) groups excluding carboxylic acids is 1. The molecule has 0 spiro atoms. The van der Waals surface area contributed by atoms with Crippen LogP contribution >= 0.6 is 22.9 Å². The molecule has 0 saturated carbocycles. The van der Waals surface area contributed by atoms with Gasteiger partial charge in [-0.15, -0.1) is 11.3 Å². The number of thiazole rings is 1. The molecule has 24 heavy (non-hydrogen) atoms. The summed E-state index contributed by atoms with van der Waals surface area (Å²) in [7, 11) is -3.21. The van der Waals surface area contributed by atoms with Crippen LogP contribution in [0.2, 0.25) is 5.02 Å². The minimum atomic E-state index is -3.21. The third-order valence-electron chi connectivity index (χ3n) is 3.78. The molecule has 1 amide bonds. The summed E-state index contributed by atoms with van der Waals surface area (Å²) >= 11 is 7.13. The smallest absolute Gasteiger partial charge is 0.257 e. The van der Waals surface area contributed by atoms with Gasteiger partial charge < -0.3 is 0 Å². The lowest BCUT2D eigenvalue weighted by Gasteiger charge is -2.24. The van der Waals surface area contributed by atoms with Crippen molar-refractivity contribution in [1.82, 2.24) is 9.29 Å². The Morgan fingerprint density at radius 3 is 2.75 bits per heavy atom. The van der Waals surface area contributed by atoms with Gasteiger partial charge >= 0.3 is 0 Å². The van der Waals surface area contributed by atoms with Crippen molar-refractivity contribution in [3.05, 3.63) is 45.4 Å². The molecule has 2 heterocycles. The van der Waals surface area contributed by atoms with Crippen LogP contribution in [-0.2, 0) is 23.0 Å².